The maximum atomic E-state index is 12.5. The summed E-state index contributed by atoms with van der Waals surface area (Å²) in [6.07, 6.45) is 2.22. The van der Waals surface area contributed by atoms with E-state index in [2.05, 4.69) is 37.2 Å². The van der Waals surface area contributed by atoms with Crippen molar-refractivity contribution in [2.75, 3.05) is 25.0 Å². The minimum absolute atomic E-state index is 0.0263. The van der Waals surface area contributed by atoms with Gasteiger partial charge in [-0.3, -0.25) is 4.79 Å². The van der Waals surface area contributed by atoms with Gasteiger partial charge in [0, 0.05) is 34.3 Å². The lowest BCUT2D eigenvalue weighted by molar-refractivity contribution is -0.121. The Labute approximate surface area is 159 Å². The van der Waals surface area contributed by atoms with Gasteiger partial charge in [0.05, 0.1) is 11.8 Å². The first kappa shape index (κ1) is 18.1. The van der Waals surface area contributed by atoms with Crippen LogP contribution in [0.3, 0.4) is 0 Å². The van der Waals surface area contributed by atoms with Crippen molar-refractivity contribution < 1.29 is 4.79 Å². The maximum absolute atomic E-state index is 12.5. The van der Waals surface area contributed by atoms with Gasteiger partial charge in [0.2, 0.25) is 5.91 Å². The molecule has 0 radical (unpaired) electrons. The van der Waals surface area contributed by atoms with Gasteiger partial charge in [-0.25, -0.2) is 4.98 Å². The Balaban J connectivity index is 1.54. The molecule has 1 saturated heterocycles. The molecule has 0 bridgehead atoms. The lowest BCUT2D eigenvalue weighted by atomic mass is 9.96. The van der Waals surface area contributed by atoms with Gasteiger partial charge in [-0.15, -0.1) is 11.3 Å². The number of piperidine rings is 1. The number of anilines is 1. The number of hydrogen-bond donors (Lipinski definition) is 1. The fraction of sp³-hybridized carbons (Fsp3) is 0.389. The molecule has 1 aliphatic heterocycles. The summed E-state index contributed by atoms with van der Waals surface area (Å²) in [5.41, 5.74) is 1.91. The molecule has 3 rings (SSSR count). The van der Waals surface area contributed by atoms with Gasteiger partial charge in [0.1, 0.15) is 0 Å². The number of hydrogen-bond acceptors (Lipinski definition) is 5. The van der Waals surface area contributed by atoms with Gasteiger partial charge in [0.25, 0.3) is 0 Å². The smallest absolute Gasteiger partial charge is 0.229 e. The average molecular weight is 419 g/mol. The summed E-state index contributed by atoms with van der Waals surface area (Å²) < 4.78 is 1.03. The molecular formula is C18H19BrN4OS. The summed E-state index contributed by atoms with van der Waals surface area (Å²) in [6, 6.07) is 10.1. The minimum Gasteiger partial charge on any atom is -0.302 e. The van der Waals surface area contributed by atoms with Crippen LogP contribution in [0.4, 0.5) is 5.13 Å². The predicted octanol–water partition coefficient (Wildman–Crippen LogP) is 4.14. The molecule has 0 saturated carbocycles. The summed E-state index contributed by atoms with van der Waals surface area (Å²) in [6.45, 7) is 2.55. The number of likely N-dealkylation sites (tertiary alicyclic amines) is 1. The van der Waals surface area contributed by atoms with E-state index in [0.717, 1.165) is 48.2 Å². The molecule has 0 atom stereocenters. The van der Waals surface area contributed by atoms with Crippen molar-refractivity contribution >= 4 is 38.3 Å². The van der Waals surface area contributed by atoms with Gasteiger partial charge in [-0.05, 0) is 38.1 Å². The van der Waals surface area contributed by atoms with E-state index in [4.69, 9.17) is 5.26 Å². The third-order valence-electron chi connectivity index (χ3n) is 4.37. The van der Waals surface area contributed by atoms with Crippen LogP contribution in [0.2, 0.25) is 0 Å². The van der Waals surface area contributed by atoms with Gasteiger partial charge in [0.15, 0.2) is 5.13 Å². The zero-order valence-electron chi connectivity index (χ0n) is 13.7. The van der Waals surface area contributed by atoms with E-state index < -0.39 is 0 Å². The summed E-state index contributed by atoms with van der Waals surface area (Å²) in [7, 11) is 0. The Kier molecular flexibility index (Phi) is 6.19. The molecule has 0 aliphatic carbocycles. The Morgan fingerprint density at radius 3 is 2.76 bits per heavy atom. The van der Waals surface area contributed by atoms with E-state index in [-0.39, 0.29) is 11.8 Å². The number of carbonyl (C=O) groups excluding carboxylic acids is 1. The number of benzene rings is 1. The van der Waals surface area contributed by atoms with Crippen LogP contribution in [0.1, 0.15) is 19.3 Å². The summed E-state index contributed by atoms with van der Waals surface area (Å²) in [4.78, 5) is 19.2. The van der Waals surface area contributed by atoms with Crippen LogP contribution in [-0.4, -0.2) is 35.4 Å². The Morgan fingerprint density at radius 1 is 1.36 bits per heavy atom. The molecule has 5 nitrogen and oxygen atoms in total. The Bertz CT molecular complexity index is 760. The second-order valence-corrected chi connectivity index (χ2v) is 7.83. The zero-order chi connectivity index (χ0) is 17.6. The molecule has 1 aromatic carbocycles. The molecule has 1 N–H and O–H groups in total. The van der Waals surface area contributed by atoms with Crippen molar-refractivity contribution in [1.82, 2.24) is 9.88 Å². The Morgan fingerprint density at radius 2 is 2.08 bits per heavy atom. The molecular weight excluding hydrogens is 400 g/mol. The number of halogens is 1. The Hall–Kier alpha value is -1.75. The number of thiazole rings is 1. The molecule has 1 amide bonds. The van der Waals surface area contributed by atoms with E-state index in [1.165, 1.54) is 11.3 Å². The van der Waals surface area contributed by atoms with Gasteiger partial charge in [-0.2, -0.15) is 5.26 Å². The highest BCUT2D eigenvalue weighted by Gasteiger charge is 2.25. The third-order valence-corrected chi connectivity index (χ3v) is 5.66. The zero-order valence-corrected chi connectivity index (χ0v) is 16.1. The minimum atomic E-state index is 0.0263. The van der Waals surface area contributed by atoms with Crippen LogP contribution in [0.15, 0.2) is 34.1 Å². The second kappa shape index (κ2) is 8.56. The van der Waals surface area contributed by atoms with E-state index in [0.29, 0.717) is 11.6 Å². The highest BCUT2D eigenvalue weighted by molar-refractivity contribution is 9.10. The number of nitrogens with zero attached hydrogens (tertiary/aromatic N) is 3. The molecule has 2 heterocycles. The molecule has 0 unspecified atom stereocenters. The summed E-state index contributed by atoms with van der Waals surface area (Å²) >= 11 is 4.88. The van der Waals surface area contributed by atoms with Gasteiger partial charge < -0.3 is 10.2 Å². The quantitative estimate of drug-likeness (QED) is 0.791. The normalized spacial score (nSPS) is 15.7. The molecule has 7 heteroatoms. The number of aromatic nitrogens is 1. The molecule has 25 heavy (non-hydrogen) atoms. The van der Waals surface area contributed by atoms with E-state index in [9.17, 15) is 4.79 Å². The predicted molar refractivity (Wildman–Crippen MR) is 103 cm³/mol. The van der Waals surface area contributed by atoms with Crippen molar-refractivity contribution in [3.8, 4) is 17.3 Å². The van der Waals surface area contributed by atoms with E-state index >= 15 is 0 Å². The first-order chi connectivity index (χ1) is 12.2. The highest BCUT2D eigenvalue weighted by Crippen LogP contribution is 2.27. The SMILES string of the molecule is N#CCCN1CCC(C(=O)Nc2nc(-c3ccc(Br)cc3)cs2)CC1. The molecule has 0 spiro atoms. The number of amides is 1. The van der Waals surface area contributed by atoms with Gasteiger partial charge >= 0.3 is 0 Å². The van der Waals surface area contributed by atoms with Crippen molar-refractivity contribution in [3.05, 3.63) is 34.1 Å². The molecule has 130 valence electrons. The lowest BCUT2D eigenvalue weighted by Crippen LogP contribution is -2.38. The van der Waals surface area contributed by atoms with E-state index in [1.807, 2.05) is 29.6 Å². The van der Waals surface area contributed by atoms with Crippen LogP contribution in [0.25, 0.3) is 11.3 Å². The summed E-state index contributed by atoms with van der Waals surface area (Å²) in [5, 5.41) is 14.2. The first-order valence-corrected chi connectivity index (χ1v) is 9.94. The van der Waals surface area contributed by atoms with Crippen molar-refractivity contribution in [2.24, 2.45) is 5.92 Å². The average Bonchev–Trinajstić information content (AvgIpc) is 3.09. The van der Waals surface area contributed by atoms with Crippen molar-refractivity contribution in [1.29, 1.82) is 5.26 Å². The fourth-order valence-corrected chi connectivity index (χ4v) is 3.91. The second-order valence-electron chi connectivity index (χ2n) is 6.06. The first-order valence-electron chi connectivity index (χ1n) is 8.27. The monoisotopic (exact) mass is 418 g/mol. The van der Waals surface area contributed by atoms with Crippen molar-refractivity contribution in [3.63, 3.8) is 0 Å². The number of nitriles is 1. The van der Waals surface area contributed by atoms with Crippen LogP contribution in [0.5, 0.6) is 0 Å². The molecule has 1 fully saturated rings. The van der Waals surface area contributed by atoms with Crippen LogP contribution < -0.4 is 5.32 Å². The highest BCUT2D eigenvalue weighted by atomic mass is 79.9. The standard InChI is InChI=1S/C18H19BrN4OS/c19-15-4-2-13(3-5-15)16-12-25-18(21-16)22-17(24)14-6-10-23(11-7-14)9-1-8-20/h2-5,12,14H,1,6-7,9-11H2,(H,21,22,24). The van der Waals surface area contributed by atoms with E-state index in [1.54, 1.807) is 0 Å². The summed E-state index contributed by atoms with van der Waals surface area (Å²) in [5.74, 6) is 0.0787. The van der Waals surface area contributed by atoms with Crippen LogP contribution >= 0.6 is 27.3 Å². The van der Waals surface area contributed by atoms with Gasteiger partial charge in [-0.1, -0.05) is 28.1 Å². The third kappa shape index (κ3) is 4.88. The maximum Gasteiger partial charge on any atom is 0.229 e. The van der Waals surface area contributed by atoms with Crippen LogP contribution in [-0.2, 0) is 4.79 Å². The molecule has 2 aromatic rings. The van der Waals surface area contributed by atoms with Crippen LogP contribution in [0, 0.1) is 17.2 Å². The number of carbonyl (C=O) groups is 1. The van der Waals surface area contributed by atoms with Crippen molar-refractivity contribution in [2.45, 2.75) is 19.3 Å². The fourth-order valence-electron chi connectivity index (χ4n) is 2.92. The largest absolute Gasteiger partial charge is 0.302 e. The lowest BCUT2D eigenvalue weighted by Gasteiger charge is -2.30. The number of rotatable bonds is 5. The number of nitrogens with one attached hydrogen (secondary N) is 1. The topological polar surface area (TPSA) is 69.0 Å². The molecule has 1 aliphatic rings. The molecule has 1 aromatic heterocycles.